The number of hydrogen-bond donors (Lipinski definition) is 2. The van der Waals surface area contributed by atoms with E-state index in [0.29, 0.717) is 24.8 Å². The van der Waals surface area contributed by atoms with Gasteiger partial charge in [0.25, 0.3) is 0 Å². The van der Waals surface area contributed by atoms with Crippen molar-refractivity contribution in [3.8, 4) is 0 Å². The summed E-state index contributed by atoms with van der Waals surface area (Å²) in [6, 6.07) is 0. The molecular weight excluding hydrogens is 238 g/mol. The van der Waals surface area contributed by atoms with E-state index in [1.165, 1.54) is 4.88 Å². The number of nitrogens with zero attached hydrogens (tertiary/aromatic N) is 1. The minimum atomic E-state index is -0.0301. The molecule has 0 radical (unpaired) electrons. The first kappa shape index (κ1) is 12.5. The lowest BCUT2D eigenvalue weighted by Crippen LogP contribution is -2.22. The van der Waals surface area contributed by atoms with E-state index in [0.717, 1.165) is 25.2 Å². The highest BCUT2D eigenvalue weighted by atomic mass is 32.1. The summed E-state index contributed by atoms with van der Waals surface area (Å²) in [5.74, 6) is -0.0301. The fourth-order valence-electron chi connectivity index (χ4n) is 1.67. The predicted molar refractivity (Wildman–Crippen MR) is 67.3 cm³/mol. The monoisotopic (exact) mass is 255 g/mol. The number of ether oxygens (including phenoxy) is 1. The van der Waals surface area contributed by atoms with Crippen LogP contribution < -0.4 is 10.6 Å². The van der Waals surface area contributed by atoms with Crippen LogP contribution in [-0.2, 0) is 22.5 Å². The molecular formula is C11H17N3O2S. The van der Waals surface area contributed by atoms with Gasteiger partial charge in [0.05, 0.1) is 18.7 Å². The largest absolute Gasteiger partial charge is 0.381 e. The lowest BCUT2D eigenvalue weighted by Gasteiger charge is -2.09. The molecule has 17 heavy (non-hydrogen) atoms. The summed E-state index contributed by atoms with van der Waals surface area (Å²) in [6.45, 7) is 4.86. The molecule has 0 aromatic carbocycles. The van der Waals surface area contributed by atoms with Crippen molar-refractivity contribution in [2.45, 2.75) is 26.3 Å². The highest BCUT2D eigenvalue weighted by Crippen LogP contribution is 2.25. The van der Waals surface area contributed by atoms with Gasteiger partial charge in [0.15, 0.2) is 5.13 Å². The van der Waals surface area contributed by atoms with Crippen LogP contribution in [0, 0.1) is 0 Å². The lowest BCUT2D eigenvalue weighted by atomic mass is 10.2. The third-order valence-electron chi connectivity index (χ3n) is 2.53. The van der Waals surface area contributed by atoms with Crippen LogP contribution >= 0.6 is 11.3 Å². The lowest BCUT2D eigenvalue weighted by molar-refractivity contribution is -0.117. The summed E-state index contributed by atoms with van der Waals surface area (Å²) >= 11 is 1.56. The molecule has 0 bridgehead atoms. The van der Waals surface area contributed by atoms with Crippen molar-refractivity contribution in [1.82, 2.24) is 10.3 Å². The van der Waals surface area contributed by atoms with Crippen LogP contribution in [0.2, 0.25) is 0 Å². The van der Waals surface area contributed by atoms with Gasteiger partial charge in [-0.05, 0) is 6.92 Å². The molecule has 0 spiro atoms. The fraction of sp³-hybridized carbons (Fsp3) is 0.636. The van der Waals surface area contributed by atoms with Crippen molar-refractivity contribution in [2.75, 3.05) is 25.1 Å². The third-order valence-corrected chi connectivity index (χ3v) is 3.54. The molecule has 5 nitrogen and oxygen atoms in total. The Labute approximate surface area is 105 Å². The Bertz CT molecular complexity index is 369. The smallest absolute Gasteiger partial charge is 0.228 e. The van der Waals surface area contributed by atoms with Crippen molar-refractivity contribution in [1.29, 1.82) is 0 Å². The van der Waals surface area contributed by atoms with Crippen LogP contribution in [0.15, 0.2) is 0 Å². The van der Waals surface area contributed by atoms with E-state index in [1.807, 2.05) is 6.92 Å². The highest BCUT2D eigenvalue weighted by molar-refractivity contribution is 7.15. The van der Waals surface area contributed by atoms with E-state index >= 15 is 0 Å². The standard InChI is InChI=1S/C11H17N3O2S/c1-2-16-6-4-10(15)14-11-13-8-3-5-12-7-9(8)17-11/h12H,2-7H2,1H3,(H,13,14,15). The van der Waals surface area contributed by atoms with E-state index in [2.05, 4.69) is 15.6 Å². The second kappa shape index (κ2) is 6.09. The van der Waals surface area contributed by atoms with Gasteiger partial charge in [0.1, 0.15) is 0 Å². The van der Waals surface area contributed by atoms with Gasteiger partial charge in [0, 0.05) is 31.0 Å². The van der Waals surface area contributed by atoms with Crippen LogP contribution in [-0.4, -0.2) is 30.6 Å². The van der Waals surface area contributed by atoms with Crippen molar-refractivity contribution in [3.63, 3.8) is 0 Å². The fourth-order valence-corrected chi connectivity index (χ4v) is 2.66. The van der Waals surface area contributed by atoms with Crippen LogP contribution in [0.5, 0.6) is 0 Å². The van der Waals surface area contributed by atoms with Crippen molar-refractivity contribution >= 4 is 22.4 Å². The van der Waals surface area contributed by atoms with Crippen molar-refractivity contribution in [2.24, 2.45) is 0 Å². The Morgan fingerprint density at radius 2 is 2.53 bits per heavy atom. The number of fused-ring (bicyclic) bond motifs is 1. The molecule has 94 valence electrons. The Morgan fingerprint density at radius 3 is 3.29 bits per heavy atom. The van der Waals surface area contributed by atoms with Gasteiger partial charge < -0.3 is 15.4 Å². The molecule has 1 amide bonds. The molecule has 0 saturated carbocycles. The minimum Gasteiger partial charge on any atom is -0.381 e. The van der Waals surface area contributed by atoms with Gasteiger partial charge in [-0.2, -0.15) is 0 Å². The van der Waals surface area contributed by atoms with E-state index < -0.39 is 0 Å². The third kappa shape index (κ3) is 3.49. The SMILES string of the molecule is CCOCCC(=O)Nc1nc2c(s1)CNCC2. The Hall–Kier alpha value is -0.980. The Morgan fingerprint density at radius 1 is 1.65 bits per heavy atom. The average Bonchev–Trinajstić information content (AvgIpc) is 2.71. The van der Waals surface area contributed by atoms with Gasteiger partial charge in [-0.3, -0.25) is 4.79 Å². The molecule has 2 rings (SSSR count). The predicted octanol–water partition coefficient (Wildman–Crippen LogP) is 1.15. The highest BCUT2D eigenvalue weighted by Gasteiger charge is 2.15. The Kier molecular flexibility index (Phi) is 4.47. The van der Waals surface area contributed by atoms with Crippen molar-refractivity contribution in [3.05, 3.63) is 10.6 Å². The number of hydrogen-bond acceptors (Lipinski definition) is 5. The molecule has 2 N–H and O–H groups in total. The first-order chi connectivity index (χ1) is 8.29. The zero-order chi connectivity index (χ0) is 12.1. The van der Waals surface area contributed by atoms with Crippen molar-refractivity contribution < 1.29 is 9.53 Å². The second-order valence-electron chi connectivity index (χ2n) is 3.81. The molecule has 0 unspecified atom stereocenters. The zero-order valence-corrected chi connectivity index (χ0v) is 10.7. The molecule has 1 aliphatic rings. The second-order valence-corrected chi connectivity index (χ2v) is 4.89. The minimum absolute atomic E-state index is 0.0301. The zero-order valence-electron chi connectivity index (χ0n) is 9.91. The molecule has 1 aromatic heterocycles. The first-order valence-corrected chi connectivity index (χ1v) is 6.68. The maximum Gasteiger partial charge on any atom is 0.228 e. The number of carbonyl (C=O) groups excluding carboxylic acids is 1. The number of aromatic nitrogens is 1. The molecule has 0 atom stereocenters. The van der Waals surface area contributed by atoms with Crippen LogP contribution in [0.4, 0.5) is 5.13 Å². The molecule has 6 heteroatoms. The summed E-state index contributed by atoms with van der Waals surface area (Å²) in [4.78, 5) is 17.2. The van der Waals surface area contributed by atoms with Crippen LogP contribution in [0.1, 0.15) is 23.9 Å². The average molecular weight is 255 g/mol. The summed E-state index contributed by atoms with van der Waals surface area (Å²) < 4.78 is 5.14. The maximum absolute atomic E-state index is 11.6. The molecule has 2 heterocycles. The van der Waals surface area contributed by atoms with Gasteiger partial charge in [-0.1, -0.05) is 0 Å². The van der Waals surface area contributed by atoms with Gasteiger partial charge in [-0.25, -0.2) is 4.98 Å². The number of rotatable bonds is 5. The molecule has 0 fully saturated rings. The summed E-state index contributed by atoms with van der Waals surface area (Å²) in [6.07, 6.45) is 1.33. The number of amides is 1. The van der Waals surface area contributed by atoms with Crippen LogP contribution in [0.3, 0.4) is 0 Å². The summed E-state index contributed by atoms with van der Waals surface area (Å²) in [5, 5.41) is 6.81. The number of anilines is 1. The number of nitrogens with one attached hydrogen (secondary N) is 2. The number of carbonyl (C=O) groups is 1. The molecule has 1 aliphatic heterocycles. The molecule has 0 saturated heterocycles. The Balaban J connectivity index is 1.86. The molecule has 0 aliphatic carbocycles. The van der Waals surface area contributed by atoms with E-state index in [4.69, 9.17) is 4.74 Å². The maximum atomic E-state index is 11.6. The van der Waals surface area contributed by atoms with E-state index in [9.17, 15) is 4.79 Å². The molecule has 1 aromatic rings. The number of thiazole rings is 1. The summed E-state index contributed by atoms with van der Waals surface area (Å²) in [7, 11) is 0. The van der Waals surface area contributed by atoms with Gasteiger partial charge in [0.2, 0.25) is 5.91 Å². The van der Waals surface area contributed by atoms with E-state index in [1.54, 1.807) is 11.3 Å². The summed E-state index contributed by atoms with van der Waals surface area (Å²) in [5.41, 5.74) is 1.12. The first-order valence-electron chi connectivity index (χ1n) is 5.86. The van der Waals surface area contributed by atoms with Crippen LogP contribution in [0.25, 0.3) is 0 Å². The normalized spacial score (nSPS) is 14.4. The van der Waals surface area contributed by atoms with Gasteiger partial charge in [-0.15, -0.1) is 11.3 Å². The quantitative estimate of drug-likeness (QED) is 0.775. The van der Waals surface area contributed by atoms with E-state index in [-0.39, 0.29) is 5.91 Å². The van der Waals surface area contributed by atoms with Gasteiger partial charge >= 0.3 is 0 Å². The topological polar surface area (TPSA) is 63.2 Å².